The number of piperidine rings is 1. The molecule has 0 amide bonds. The second-order valence-electron chi connectivity index (χ2n) is 19.9. The third-order valence-electron chi connectivity index (χ3n) is 13.9. The fourth-order valence-electron chi connectivity index (χ4n) is 9.66. The van der Waals surface area contributed by atoms with Crippen LogP contribution in [0, 0.1) is 11.8 Å². The number of rotatable bonds is 48. The van der Waals surface area contributed by atoms with Gasteiger partial charge in [0.15, 0.2) is 0 Å². The van der Waals surface area contributed by atoms with Crippen LogP contribution in [0.25, 0.3) is 0 Å². The Morgan fingerprint density at radius 3 is 1.32 bits per heavy atom. The molecule has 1 heterocycles. The van der Waals surface area contributed by atoms with E-state index in [4.69, 9.17) is 14.2 Å². The van der Waals surface area contributed by atoms with Crippen LogP contribution in [0.1, 0.15) is 291 Å². The van der Waals surface area contributed by atoms with Gasteiger partial charge in [0.05, 0.1) is 6.61 Å². The van der Waals surface area contributed by atoms with E-state index in [0.717, 1.165) is 70.6 Å². The van der Waals surface area contributed by atoms with Crippen LogP contribution >= 0.6 is 0 Å². The zero-order chi connectivity index (χ0) is 44.8. The van der Waals surface area contributed by atoms with Crippen molar-refractivity contribution in [1.29, 1.82) is 0 Å². The summed E-state index contributed by atoms with van der Waals surface area (Å²) in [4.78, 5) is 27.8. The standard InChI is InChI=1S/C56H109NO5/c1-5-9-25-36-52(37-26-10-6-2)44-50-60-49-34-23-19-14-13-16-20-29-40-54(62-56(59)43-35-48-57-46-32-24-33-47-57)41-30-21-17-15-18-22-31-42-55(58)61-51-45-53(38-27-11-7-3)39-28-12-8-4/h52-54H,5-51H2,1-4H3. The third-order valence-corrected chi connectivity index (χ3v) is 13.9. The molecule has 0 spiro atoms. The molecule has 62 heavy (non-hydrogen) atoms. The lowest BCUT2D eigenvalue weighted by Gasteiger charge is -2.26. The highest BCUT2D eigenvalue weighted by Gasteiger charge is 2.16. The monoisotopic (exact) mass is 876 g/mol. The summed E-state index contributed by atoms with van der Waals surface area (Å²) < 4.78 is 17.9. The Morgan fingerprint density at radius 2 is 0.823 bits per heavy atom. The van der Waals surface area contributed by atoms with E-state index in [-0.39, 0.29) is 18.0 Å². The largest absolute Gasteiger partial charge is 0.466 e. The molecule has 0 radical (unpaired) electrons. The summed E-state index contributed by atoms with van der Waals surface area (Å²) >= 11 is 0. The topological polar surface area (TPSA) is 65.1 Å². The van der Waals surface area contributed by atoms with Crippen molar-refractivity contribution in [2.24, 2.45) is 11.8 Å². The molecular weight excluding hydrogens is 767 g/mol. The lowest BCUT2D eigenvalue weighted by molar-refractivity contribution is -0.150. The van der Waals surface area contributed by atoms with E-state index >= 15 is 0 Å². The van der Waals surface area contributed by atoms with Gasteiger partial charge in [-0.05, 0) is 102 Å². The van der Waals surface area contributed by atoms with Crippen molar-refractivity contribution in [2.45, 2.75) is 297 Å². The van der Waals surface area contributed by atoms with Gasteiger partial charge in [0.1, 0.15) is 6.10 Å². The van der Waals surface area contributed by atoms with Gasteiger partial charge >= 0.3 is 11.9 Å². The Balaban J connectivity index is 2.22. The summed E-state index contributed by atoms with van der Waals surface area (Å²) in [5, 5.41) is 0. The van der Waals surface area contributed by atoms with Crippen LogP contribution in [0.5, 0.6) is 0 Å². The maximum absolute atomic E-state index is 12.9. The molecule has 0 N–H and O–H groups in total. The first kappa shape index (κ1) is 58.9. The Kier molecular flexibility index (Phi) is 44.1. The quantitative estimate of drug-likeness (QED) is 0.0448. The van der Waals surface area contributed by atoms with Crippen molar-refractivity contribution in [3.63, 3.8) is 0 Å². The molecule has 1 atom stereocenters. The van der Waals surface area contributed by atoms with Gasteiger partial charge in [0.25, 0.3) is 0 Å². The molecule has 6 nitrogen and oxygen atoms in total. The SMILES string of the molecule is CCCCCC(CCCCC)CCOCCCCCCCCCCC(CCCCCCCCCC(=O)OCCC(CCCCC)CCCCC)OC(=O)CCCN1CCCCC1. The lowest BCUT2D eigenvalue weighted by atomic mass is 9.92. The minimum atomic E-state index is -0.00100. The molecule has 1 fully saturated rings. The maximum Gasteiger partial charge on any atom is 0.306 e. The first-order valence-corrected chi connectivity index (χ1v) is 28.2. The van der Waals surface area contributed by atoms with E-state index in [1.54, 1.807) is 0 Å². The predicted octanol–water partition coefficient (Wildman–Crippen LogP) is 17.1. The van der Waals surface area contributed by atoms with Crippen LogP contribution in [-0.2, 0) is 23.8 Å². The van der Waals surface area contributed by atoms with Crippen LogP contribution < -0.4 is 0 Å². The van der Waals surface area contributed by atoms with Gasteiger partial charge in [-0.1, -0.05) is 207 Å². The minimum Gasteiger partial charge on any atom is -0.466 e. The zero-order valence-corrected chi connectivity index (χ0v) is 42.5. The highest BCUT2D eigenvalue weighted by atomic mass is 16.5. The second-order valence-corrected chi connectivity index (χ2v) is 19.9. The molecule has 1 saturated heterocycles. The summed E-state index contributed by atoms with van der Waals surface area (Å²) in [5.41, 5.74) is 0. The fraction of sp³-hybridized carbons (Fsp3) is 0.964. The van der Waals surface area contributed by atoms with Crippen molar-refractivity contribution in [2.75, 3.05) is 39.5 Å². The molecule has 1 unspecified atom stereocenters. The number of ether oxygens (including phenoxy) is 3. The predicted molar refractivity (Wildman–Crippen MR) is 267 cm³/mol. The second kappa shape index (κ2) is 46.4. The van der Waals surface area contributed by atoms with Crippen LogP contribution in [-0.4, -0.2) is 62.4 Å². The Bertz CT molecular complexity index is 917. The van der Waals surface area contributed by atoms with Crippen LogP contribution in [0.3, 0.4) is 0 Å². The highest BCUT2D eigenvalue weighted by Crippen LogP contribution is 2.23. The summed E-state index contributed by atoms with van der Waals surface area (Å²) in [6.45, 7) is 15.1. The first-order valence-electron chi connectivity index (χ1n) is 28.2. The van der Waals surface area contributed by atoms with Gasteiger partial charge in [-0.2, -0.15) is 0 Å². The van der Waals surface area contributed by atoms with E-state index in [0.29, 0.717) is 25.4 Å². The van der Waals surface area contributed by atoms with Crippen molar-refractivity contribution >= 4 is 11.9 Å². The average molecular weight is 876 g/mol. The Hall–Kier alpha value is -1.14. The number of carbonyl (C=O) groups excluding carboxylic acids is 2. The Labute approximate surface area is 387 Å². The molecule has 0 saturated carbocycles. The van der Waals surface area contributed by atoms with Crippen molar-refractivity contribution in [3.05, 3.63) is 0 Å². The third kappa shape index (κ3) is 39.2. The smallest absolute Gasteiger partial charge is 0.306 e. The molecule has 1 aliphatic rings. The molecule has 0 aromatic rings. The molecule has 1 aliphatic heterocycles. The molecule has 0 aliphatic carbocycles. The number of esters is 2. The zero-order valence-electron chi connectivity index (χ0n) is 42.5. The van der Waals surface area contributed by atoms with Gasteiger partial charge < -0.3 is 19.1 Å². The molecule has 368 valence electrons. The van der Waals surface area contributed by atoms with Gasteiger partial charge in [-0.15, -0.1) is 0 Å². The molecular formula is C56H109NO5. The van der Waals surface area contributed by atoms with E-state index in [2.05, 4.69) is 32.6 Å². The summed E-state index contributed by atoms with van der Waals surface area (Å²) in [5.74, 6) is 1.60. The summed E-state index contributed by atoms with van der Waals surface area (Å²) in [6.07, 6.45) is 49.9. The average Bonchev–Trinajstić information content (AvgIpc) is 3.27. The van der Waals surface area contributed by atoms with Crippen molar-refractivity contribution in [3.8, 4) is 0 Å². The summed E-state index contributed by atoms with van der Waals surface area (Å²) in [6, 6.07) is 0. The van der Waals surface area contributed by atoms with Gasteiger partial charge in [0, 0.05) is 26.1 Å². The molecule has 1 rings (SSSR count). The molecule has 6 heteroatoms. The number of unbranched alkanes of at least 4 members (excludes halogenated alkanes) is 21. The minimum absolute atomic E-state index is 0.00100. The van der Waals surface area contributed by atoms with E-state index in [9.17, 15) is 9.59 Å². The molecule has 0 bridgehead atoms. The maximum atomic E-state index is 12.9. The number of hydrogen-bond acceptors (Lipinski definition) is 6. The van der Waals surface area contributed by atoms with E-state index in [1.807, 2.05) is 0 Å². The van der Waals surface area contributed by atoms with E-state index in [1.165, 1.54) is 219 Å². The summed E-state index contributed by atoms with van der Waals surface area (Å²) in [7, 11) is 0. The van der Waals surface area contributed by atoms with Gasteiger partial charge in [-0.3, -0.25) is 9.59 Å². The van der Waals surface area contributed by atoms with Crippen LogP contribution in [0.4, 0.5) is 0 Å². The number of likely N-dealkylation sites (tertiary alicyclic amines) is 1. The number of hydrogen-bond donors (Lipinski definition) is 0. The van der Waals surface area contributed by atoms with E-state index < -0.39 is 0 Å². The fourth-order valence-corrected chi connectivity index (χ4v) is 9.66. The van der Waals surface area contributed by atoms with Gasteiger partial charge in [0.2, 0.25) is 0 Å². The van der Waals surface area contributed by atoms with Crippen LogP contribution in [0.15, 0.2) is 0 Å². The Morgan fingerprint density at radius 1 is 0.403 bits per heavy atom. The van der Waals surface area contributed by atoms with Crippen LogP contribution in [0.2, 0.25) is 0 Å². The first-order chi connectivity index (χ1) is 30.5. The normalized spacial score (nSPS) is 14.0. The molecule has 0 aromatic heterocycles. The van der Waals surface area contributed by atoms with Crippen molar-refractivity contribution in [1.82, 2.24) is 4.90 Å². The van der Waals surface area contributed by atoms with Gasteiger partial charge in [-0.25, -0.2) is 0 Å². The number of carbonyl (C=O) groups is 2. The number of nitrogens with zero attached hydrogens (tertiary/aromatic N) is 1. The van der Waals surface area contributed by atoms with Crippen molar-refractivity contribution < 1.29 is 23.8 Å². The molecule has 0 aromatic carbocycles. The highest BCUT2D eigenvalue weighted by molar-refractivity contribution is 5.69. The lowest BCUT2D eigenvalue weighted by Crippen LogP contribution is -2.31.